The Balaban J connectivity index is 1.19. The molecule has 1 N–H and O–H groups in total. The summed E-state index contributed by atoms with van der Waals surface area (Å²) >= 11 is 1.57. The molecule has 3 aromatic heterocycles. The molecular formula is C19H20N4O3S. The molecule has 0 saturated heterocycles. The molecule has 0 spiro atoms. The lowest BCUT2D eigenvalue weighted by molar-refractivity contribution is -0.121. The molecule has 27 heavy (non-hydrogen) atoms. The summed E-state index contributed by atoms with van der Waals surface area (Å²) in [6.07, 6.45) is 4.94. The van der Waals surface area contributed by atoms with E-state index in [1.807, 2.05) is 29.0 Å². The van der Waals surface area contributed by atoms with E-state index in [2.05, 4.69) is 20.5 Å². The van der Waals surface area contributed by atoms with Crippen LogP contribution in [0.4, 0.5) is 0 Å². The van der Waals surface area contributed by atoms with Crippen molar-refractivity contribution in [2.75, 3.05) is 6.61 Å². The Morgan fingerprint density at radius 1 is 1.30 bits per heavy atom. The maximum Gasteiger partial charge on any atom is 0.248 e. The van der Waals surface area contributed by atoms with Gasteiger partial charge in [0.25, 0.3) is 0 Å². The third-order valence-electron chi connectivity index (χ3n) is 4.25. The largest absolute Gasteiger partial charge is 0.477 e. The van der Waals surface area contributed by atoms with Gasteiger partial charge in [-0.3, -0.25) is 4.79 Å². The van der Waals surface area contributed by atoms with Crippen molar-refractivity contribution in [3.8, 4) is 17.3 Å². The van der Waals surface area contributed by atoms with Crippen LogP contribution in [0.1, 0.15) is 30.7 Å². The van der Waals surface area contributed by atoms with E-state index in [0.717, 1.165) is 17.7 Å². The number of thiophene rings is 1. The summed E-state index contributed by atoms with van der Waals surface area (Å²) < 4.78 is 11.2. The van der Waals surface area contributed by atoms with Crippen LogP contribution in [-0.4, -0.2) is 27.7 Å². The maximum absolute atomic E-state index is 12.0. The van der Waals surface area contributed by atoms with E-state index >= 15 is 0 Å². The fraction of sp³-hybridized carbons (Fsp3) is 0.368. The first-order chi connectivity index (χ1) is 13.3. The number of ether oxygens (including phenoxy) is 1. The van der Waals surface area contributed by atoms with E-state index in [1.165, 1.54) is 12.8 Å². The van der Waals surface area contributed by atoms with Gasteiger partial charge in [-0.15, -0.1) is 10.2 Å². The molecule has 3 heterocycles. The van der Waals surface area contributed by atoms with Gasteiger partial charge in [-0.05, 0) is 35.8 Å². The third-order valence-corrected chi connectivity index (χ3v) is 4.94. The number of carbonyl (C=O) groups is 1. The van der Waals surface area contributed by atoms with Gasteiger partial charge in [-0.2, -0.15) is 11.3 Å². The minimum absolute atomic E-state index is 0.0701. The van der Waals surface area contributed by atoms with Crippen LogP contribution in [0.3, 0.4) is 0 Å². The van der Waals surface area contributed by atoms with Crippen LogP contribution in [0.5, 0.6) is 5.88 Å². The highest BCUT2D eigenvalue weighted by atomic mass is 32.1. The van der Waals surface area contributed by atoms with E-state index in [0.29, 0.717) is 43.0 Å². The van der Waals surface area contributed by atoms with E-state index in [4.69, 9.17) is 9.15 Å². The Morgan fingerprint density at radius 3 is 2.96 bits per heavy atom. The summed E-state index contributed by atoms with van der Waals surface area (Å²) in [6, 6.07) is 5.68. The Hall–Kier alpha value is -2.74. The number of hydrogen-bond donors (Lipinski definition) is 1. The van der Waals surface area contributed by atoms with Gasteiger partial charge in [-0.1, -0.05) is 6.07 Å². The van der Waals surface area contributed by atoms with Gasteiger partial charge in [0.05, 0.1) is 6.61 Å². The molecule has 0 unspecified atom stereocenters. The first-order valence-corrected chi connectivity index (χ1v) is 9.90. The molecule has 0 atom stereocenters. The quantitative estimate of drug-likeness (QED) is 0.609. The normalized spacial score (nSPS) is 13.5. The zero-order valence-corrected chi connectivity index (χ0v) is 15.6. The minimum Gasteiger partial charge on any atom is -0.477 e. The van der Waals surface area contributed by atoms with Crippen LogP contribution in [0.15, 0.2) is 39.6 Å². The highest BCUT2D eigenvalue weighted by molar-refractivity contribution is 7.08. The molecule has 4 rings (SSSR count). The van der Waals surface area contributed by atoms with Gasteiger partial charge in [0, 0.05) is 42.6 Å². The highest BCUT2D eigenvalue weighted by Gasteiger charge is 2.22. The lowest BCUT2D eigenvalue weighted by Crippen LogP contribution is -2.23. The van der Waals surface area contributed by atoms with Crippen LogP contribution < -0.4 is 10.1 Å². The maximum atomic E-state index is 12.0. The second-order valence-corrected chi connectivity index (χ2v) is 7.33. The molecule has 0 bridgehead atoms. The van der Waals surface area contributed by atoms with E-state index < -0.39 is 0 Å². The number of pyridine rings is 1. The molecule has 7 nitrogen and oxygen atoms in total. The Bertz CT molecular complexity index is 873. The van der Waals surface area contributed by atoms with Crippen LogP contribution in [0.25, 0.3) is 11.5 Å². The number of nitrogens with one attached hydrogen (secondary N) is 1. The van der Waals surface area contributed by atoms with Crippen molar-refractivity contribution < 1.29 is 13.9 Å². The Kier molecular flexibility index (Phi) is 5.43. The summed E-state index contributed by atoms with van der Waals surface area (Å²) in [7, 11) is 0. The van der Waals surface area contributed by atoms with Crippen molar-refractivity contribution in [1.29, 1.82) is 0 Å². The lowest BCUT2D eigenvalue weighted by atomic mass is 10.2. The smallest absolute Gasteiger partial charge is 0.248 e. The fourth-order valence-electron chi connectivity index (χ4n) is 2.46. The van der Waals surface area contributed by atoms with Crippen molar-refractivity contribution in [1.82, 2.24) is 20.5 Å². The minimum atomic E-state index is -0.0701. The molecule has 8 heteroatoms. The van der Waals surface area contributed by atoms with Crippen molar-refractivity contribution in [3.63, 3.8) is 0 Å². The third kappa shape index (κ3) is 5.13. The van der Waals surface area contributed by atoms with Crippen molar-refractivity contribution in [2.45, 2.75) is 32.2 Å². The van der Waals surface area contributed by atoms with Crippen LogP contribution in [0.2, 0.25) is 0 Å². The van der Waals surface area contributed by atoms with Gasteiger partial charge in [-0.25, -0.2) is 4.98 Å². The molecule has 1 amide bonds. The molecule has 0 aliphatic heterocycles. The highest BCUT2D eigenvalue weighted by Crippen LogP contribution is 2.29. The monoisotopic (exact) mass is 384 g/mol. The van der Waals surface area contributed by atoms with Gasteiger partial charge >= 0.3 is 0 Å². The standard InChI is InChI=1S/C19H20N4O3S/c24-16(4-6-18-22-23-19(26-18)15-7-8-27-12-15)20-9-14-3-5-17(21-10-14)25-11-13-1-2-13/h3,5,7-8,10,12-13H,1-2,4,6,9,11H2,(H,20,24). The van der Waals surface area contributed by atoms with Crippen LogP contribution in [-0.2, 0) is 17.8 Å². The van der Waals surface area contributed by atoms with Gasteiger partial charge in [0.15, 0.2) is 0 Å². The van der Waals surface area contributed by atoms with Crippen LogP contribution >= 0.6 is 11.3 Å². The van der Waals surface area contributed by atoms with Crippen molar-refractivity contribution in [2.24, 2.45) is 5.92 Å². The lowest BCUT2D eigenvalue weighted by Gasteiger charge is -2.06. The van der Waals surface area contributed by atoms with Crippen molar-refractivity contribution >= 4 is 17.2 Å². The molecule has 140 valence electrons. The molecule has 0 aromatic carbocycles. The number of aryl methyl sites for hydroxylation is 1. The second-order valence-electron chi connectivity index (χ2n) is 6.55. The van der Waals surface area contributed by atoms with E-state index in [9.17, 15) is 4.79 Å². The zero-order valence-electron chi connectivity index (χ0n) is 14.8. The zero-order chi connectivity index (χ0) is 18.5. The molecule has 0 radical (unpaired) electrons. The summed E-state index contributed by atoms with van der Waals surface area (Å²) in [4.78, 5) is 16.3. The summed E-state index contributed by atoms with van der Waals surface area (Å²) in [5.41, 5.74) is 1.83. The first-order valence-electron chi connectivity index (χ1n) is 8.95. The number of aromatic nitrogens is 3. The number of hydrogen-bond acceptors (Lipinski definition) is 7. The van der Waals surface area contributed by atoms with E-state index in [-0.39, 0.29) is 5.91 Å². The SMILES string of the molecule is O=C(CCc1nnc(-c2ccsc2)o1)NCc1ccc(OCC2CC2)nc1. The average Bonchev–Trinajstić information content (AvgIpc) is 3.16. The molecular weight excluding hydrogens is 364 g/mol. The number of rotatable bonds is 9. The number of nitrogens with zero attached hydrogens (tertiary/aromatic N) is 3. The molecule has 1 saturated carbocycles. The van der Waals surface area contributed by atoms with Gasteiger partial charge in [0.1, 0.15) is 0 Å². The molecule has 3 aromatic rings. The summed E-state index contributed by atoms with van der Waals surface area (Å²) in [6.45, 7) is 1.17. The van der Waals surface area contributed by atoms with Gasteiger partial charge in [0.2, 0.25) is 23.6 Å². The summed E-state index contributed by atoms with van der Waals surface area (Å²) in [5, 5.41) is 14.8. The second kappa shape index (κ2) is 8.30. The van der Waals surface area contributed by atoms with E-state index in [1.54, 1.807) is 17.5 Å². The Morgan fingerprint density at radius 2 is 2.22 bits per heavy atom. The number of carbonyl (C=O) groups excluding carboxylic acids is 1. The van der Waals surface area contributed by atoms with Crippen molar-refractivity contribution in [3.05, 3.63) is 46.6 Å². The topological polar surface area (TPSA) is 90.1 Å². The molecule has 1 fully saturated rings. The molecule has 1 aliphatic rings. The summed E-state index contributed by atoms with van der Waals surface area (Å²) in [5.74, 6) is 2.21. The number of amides is 1. The first kappa shape index (κ1) is 17.7. The fourth-order valence-corrected chi connectivity index (χ4v) is 3.09. The Labute approximate surface area is 160 Å². The predicted octanol–water partition coefficient (Wildman–Crippen LogP) is 3.23. The average molecular weight is 384 g/mol. The van der Waals surface area contributed by atoms with Crippen LogP contribution in [0, 0.1) is 5.92 Å². The van der Waals surface area contributed by atoms with Gasteiger partial charge < -0.3 is 14.5 Å². The molecule has 1 aliphatic carbocycles. The predicted molar refractivity (Wildman–Crippen MR) is 100 cm³/mol.